The summed E-state index contributed by atoms with van der Waals surface area (Å²) < 4.78 is 48.6. The number of oxime groups is 1. The first kappa shape index (κ1) is 13.8. The fraction of sp³-hybridized carbons (Fsp3) is 0.417. The molecule has 1 aliphatic heterocycles. The van der Waals surface area contributed by atoms with Crippen molar-refractivity contribution in [2.45, 2.75) is 12.5 Å². The summed E-state index contributed by atoms with van der Waals surface area (Å²) in [5.74, 6) is 0. The molecule has 2 rings (SSSR count). The van der Waals surface area contributed by atoms with Crippen LogP contribution >= 0.6 is 0 Å². The van der Waals surface area contributed by atoms with Crippen LogP contribution in [0.5, 0.6) is 0 Å². The third-order valence-corrected chi connectivity index (χ3v) is 2.37. The minimum absolute atomic E-state index is 0.0525. The van der Waals surface area contributed by atoms with E-state index in [9.17, 15) is 13.2 Å². The Morgan fingerprint density at radius 1 is 1.21 bits per heavy atom. The molecule has 0 unspecified atom stereocenters. The van der Waals surface area contributed by atoms with Crippen LogP contribution in [0.15, 0.2) is 35.5 Å². The quantitative estimate of drug-likeness (QED) is 0.625. The molecule has 4 nitrogen and oxygen atoms in total. The van der Waals surface area contributed by atoms with Gasteiger partial charge in [-0.25, -0.2) is 0 Å². The van der Waals surface area contributed by atoms with Gasteiger partial charge in [-0.3, -0.25) is 0 Å². The fourth-order valence-corrected chi connectivity index (χ4v) is 1.53. The van der Waals surface area contributed by atoms with Crippen molar-refractivity contribution in [2.75, 3.05) is 19.8 Å². The Morgan fingerprint density at radius 3 is 2.42 bits per heavy atom. The minimum atomic E-state index is -4.58. The van der Waals surface area contributed by atoms with Crippen molar-refractivity contribution >= 4 is 5.71 Å². The van der Waals surface area contributed by atoms with Crippen LogP contribution in [-0.2, 0) is 14.3 Å². The summed E-state index contributed by atoms with van der Waals surface area (Å²) in [6.07, 6.45) is -5.24. The molecular formula is C12H12F3NO3. The molecule has 0 amide bonds. The van der Waals surface area contributed by atoms with E-state index in [0.29, 0.717) is 13.2 Å². The average Bonchev–Trinajstić information content (AvgIpc) is 2.87. The van der Waals surface area contributed by atoms with Crippen molar-refractivity contribution in [3.05, 3.63) is 35.9 Å². The number of alkyl halides is 3. The van der Waals surface area contributed by atoms with Gasteiger partial charge in [0, 0.05) is 5.56 Å². The third-order valence-electron chi connectivity index (χ3n) is 2.37. The smallest absolute Gasteiger partial charge is 0.390 e. The summed E-state index contributed by atoms with van der Waals surface area (Å²) >= 11 is 0. The zero-order chi connectivity index (χ0) is 13.7. The molecule has 0 bridgehead atoms. The second-order valence-corrected chi connectivity index (χ2v) is 3.77. The van der Waals surface area contributed by atoms with Crippen LogP contribution in [0.25, 0.3) is 0 Å². The first-order valence-electron chi connectivity index (χ1n) is 5.63. The van der Waals surface area contributed by atoms with Crippen LogP contribution in [0.4, 0.5) is 13.2 Å². The van der Waals surface area contributed by atoms with E-state index >= 15 is 0 Å². The van der Waals surface area contributed by atoms with Crippen LogP contribution in [0.2, 0.25) is 0 Å². The molecule has 0 atom stereocenters. The second kappa shape index (κ2) is 6.03. The lowest BCUT2D eigenvalue weighted by atomic mass is 10.1. The molecule has 1 heterocycles. The van der Waals surface area contributed by atoms with Crippen LogP contribution in [0.3, 0.4) is 0 Å². The van der Waals surface area contributed by atoms with Gasteiger partial charge in [0.25, 0.3) is 0 Å². The van der Waals surface area contributed by atoms with E-state index in [1.165, 1.54) is 24.3 Å². The highest BCUT2D eigenvalue weighted by Crippen LogP contribution is 2.22. The van der Waals surface area contributed by atoms with Crippen molar-refractivity contribution in [1.82, 2.24) is 0 Å². The normalized spacial score (nSPS) is 17.7. The first-order valence-corrected chi connectivity index (χ1v) is 5.63. The molecule has 0 aromatic heterocycles. The average molecular weight is 275 g/mol. The molecule has 0 radical (unpaired) electrons. The Hall–Kier alpha value is -1.60. The number of halogens is 3. The molecule has 104 valence electrons. The van der Waals surface area contributed by atoms with E-state index < -0.39 is 18.2 Å². The van der Waals surface area contributed by atoms with Gasteiger partial charge >= 0.3 is 6.18 Å². The molecule has 0 saturated carbocycles. The van der Waals surface area contributed by atoms with Crippen molar-refractivity contribution in [3.8, 4) is 0 Å². The molecule has 19 heavy (non-hydrogen) atoms. The monoisotopic (exact) mass is 275 g/mol. The summed E-state index contributed by atoms with van der Waals surface area (Å²) in [4.78, 5) is 4.68. The highest BCUT2D eigenvalue weighted by molar-refractivity contribution is 6.04. The summed E-state index contributed by atoms with van der Waals surface area (Å²) in [6, 6.07) is 7.26. The van der Waals surface area contributed by atoms with E-state index in [1.54, 1.807) is 6.07 Å². The summed E-state index contributed by atoms with van der Waals surface area (Å²) in [6.45, 7) is 0.636. The van der Waals surface area contributed by atoms with Crippen molar-refractivity contribution in [2.24, 2.45) is 5.16 Å². The molecule has 7 heteroatoms. The predicted molar refractivity (Wildman–Crippen MR) is 60.7 cm³/mol. The maximum atomic E-state index is 12.8. The largest absolute Gasteiger partial charge is 0.437 e. The Bertz CT molecular complexity index is 428. The van der Waals surface area contributed by atoms with Gasteiger partial charge in [0.05, 0.1) is 13.2 Å². The summed E-state index contributed by atoms with van der Waals surface area (Å²) in [5.41, 5.74) is -1.13. The van der Waals surface area contributed by atoms with Gasteiger partial charge in [0.1, 0.15) is 0 Å². The highest BCUT2D eigenvalue weighted by Gasteiger charge is 2.37. The van der Waals surface area contributed by atoms with Gasteiger partial charge in [-0.2, -0.15) is 13.2 Å². The van der Waals surface area contributed by atoms with Crippen molar-refractivity contribution < 1.29 is 27.5 Å². The van der Waals surface area contributed by atoms with E-state index in [2.05, 4.69) is 9.99 Å². The van der Waals surface area contributed by atoms with Crippen molar-refractivity contribution in [3.63, 3.8) is 0 Å². The van der Waals surface area contributed by atoms with Crippen LogP contribution in [0, 0.1) is 0 Å². The Balaban J connectivity index is 2.05. The van der Waals surface area contributed by atoms with Crippen LogP contribution in [0.1, 0.15) is 5.56 Å². The lowest BCUT2D eigenvalue weighted by Gasteiger charge is -2.11. The molecule has 0 N–H and O–H groups in total. The van der Waals surface area contributed by atoms with Gasteiger partial charge < -0.3 is 14.3 Å². The van der Waals surface area contributed by atoms with Gasteiger partial charge in [-0.15, -0.1) is 0 Å². The number of nitrogens with zero attached hydrogens (tertiary/aromatic N) is 1. The van der Waals surface area contributed by atoms with E-state index in [4.69, 9.17) is 9.47 Å². The number of ether oxygens (including phenoxy) is 2. The lowest BCUT2D eigenvalue weighted by Crippen LogP contribution is -2.25. The predicted octanol–water partition coefficient (Wildman–Crippen LogP) is 2.34. The molecule has 0 spiro atoms. The standard InChI is InChI=1S/C12H12F3NO3/c13-12(14,15)11(9-4-2-1-3-5-9)16-19-8-10-17-6-7-18-10/h1-5,10H,6-8H2. The Morgan fingerprint density at radius 2 is 1.84 bits per heavy atom. The third kappa shape index (κ3) is 3.93. The van der Waals surface area contributed by atoms with E-state index in [-0.39, 0.29) is 12.2 Å². The number of rotatable bonds is 4. The number of benzene rings is 1. The van der Waals surface area contributed by atoms with Gasteiger partial charge in [0.15, 0.2) is 18.6 Å². The summed E-state index contributed by atoms with van der Waals surface area (Å²) in [5, 5.41) is 3.16. The van der Waals surface area contributed by atoms with Gasteiger partial charge in [-0.1, -0.05) is 35.5 Å². The highest BCUT2D eigenvalue weighted by atomic mass is 19.4. The molecular weight excluding hydrogens is 263 g/mol. The molecule has 1 saturated heterocycles. The van der Waals surface area contributed by atoms with E-state index in [1.807, 2.05) is 0 Å². The lowest BCUT2D eigenvalue weighted by molar-refractivity contribution is -0.0979. The minimum Gasteiger partial charge on any atom is -0.390 e. The maximum absolute atomic E-state index is 12.8. The molecule has 1 fully saturated rings. The molecule has 1 aromatic carbocycles. The van der Waals surface area contributed by atoms with Crippen LogP contribution in [-0.4, -0.2) is 38.0 Å². The zero-order valence-corrected chi connectivity index (χ0v) is 9.89. The number of hydrogen-bond donors (Lipinski definition) is 0. The Labute approximate surface area is 107 Å². The van der Waals surface area contributed by atoms with Crippen molar-refractivity contribution in [1.29, 1.82) is 0 Å². The molecule has 1 aliphatic rings. The SMILES string of the molecule is FC(F)(F)C(=NOCC1OCCO1)c1ccccc1. The van der Waals surface area contributed by atoms with Gasteiger partial charge in [0.2, 0.25) is 0 Å². The number of hydrogen-bond acceptors (Lipinski definition) is 4. The van der Waals surface area contributed by atoms with E-state index in [0.717, 1.165) is 0 Å². The summed E-state index contributed by atoms with van der Waals surface area (Å²) in [7, 11) is 0. The van der Waals surface area contributed by atoms with Crippen LogP contribution < -0.4 is 0 Å². The topological polar surface area (TPSA) is 40.0 Å². The first-order chi connectivity index (χ1) is 9.07. The fourth-order valence-electron chi connectivity index (χ4n) is 1.53. The zero-order valence-electron chi connectivity index (χ0n) is 9.89. The van der Waals surface area contributed by atoms with Gasteiger partial charge in [-0.05, 0) is 0 Å². The second-order valence-electron chi connectivity index (χ2n) is 3.77. The Kier molecular flexibility index (Phi) is 4.39. The molecule has 1 aromatic rings. The molecule has 0 aliphatic carbocycles. The maximum Gasteiger partial charge on any atom is 0.437 e.